The van der Waals surface area contributed by atoms with E-state index in [1.165, 1.54) is 0 Å². The number of hydrogen-bond acceptors (Lipinski definition) is 3. The summed E-state index contributed by atoms with van der Waals surface area (Å²) in [6.45, 7) is 6.68. The average molecular weight is 364 g/mol. The van der Waals surface area contributed by atoms with Crippen LogP contribution >= 0.6 is 0 Å². The summed E-state index contributed by atoms with van der Waals surface area (Å²) in [5.74, 6) is 0.812. The predicted octanol–water partition coefficient (Wildman–Crippen LogP) is 1.10. The van der Waals surface area contributed by atoms with E-state index in [9.17, 15) is 14.4 Å². The smallest absolute Gasteiger partial charge is 0.319 e. The molecule has 0 unspecified atom stereocenters. The number of amides is 4. The molecule has 3 aliphatic heterocycles. The van der Waals surface area contributed by atoms with E-state index in [0.29, 0.717) is 38.5 Å². The maximum Gasteiger partial charge on any atom is 0.319 e. The van der Waals surface area contributed by atoms with E-state index in [0.717, 1.165) is 12.8 Å². The standard InChI is InChI=1S/C19H32N4O3/c1-13(2)10-16(24)22-8-6-19(7-9-22)15-12-23(18(26)20(3)4)11-14(15)17(25)21(19)5/h13-15H,6-12H2,1-5H3/t14-,15+/m0/s1. The number of carbonyl (C=O) groups is 3. The number of rotatable bonds is 2. The molecule has 1 spiro atoms. The second-order valence-corrected chi connectivity index (χ2v) is 8.77. The van der Waals surface area contributed by atoms with Crippen LogP contribution in [0.1, 0.15) is 33.1 Å². The molecular weight excluding hydrogens is 332 g/mol. The molecule has 7 nitrogen and oxygen atoms in total. The molecule has 0 N–H and O–H groups in total. The molecule has 0 aromatic carbocycles. The largest absolute Gasteiger partial charge is 0.343 e. The van der Waals surface area contributed by atoms with Crippen LogP contribution in [0.4, 0.5) is 4.79 Å². The monoisotopic (exact) mass is 364 g/mol. The zero-order chi connectivity index (χ0) is 19.2. The van der Waals surface area contributed by atoms with Crippen molar-refractivity contribution in [1.82, 2.24) is 19.6 Å². The minimum absolute atomic E-state index is 0.0189. The van der Waals surface area contributed by atoms with E-state index >= 15 is 0 Å². The molecule has 0 bridgehead atoms. The van der Waals surface area contributed by atoms with Crippen molar-refractivity contribution in [2.45, 2.75) is 38.6 Å². The number of urea groups is 1. The summed E-state index contributed by atoms with van der Waals surface area (Å²) >= 11 is 0. The number of piperidine rings is 1. The van der Waals surface area contributed by atoms with Gasteiger partial charge in [0.2, 0.25) is 11.8 Å². The number of hydrogen-bond donors (Lipinski definition) is 0. The lowest BCUT2D eigenvalue weighted by Crippen LogP contribution is -2.57. The average Bonchev–Trinajstić information content (AvgIpc) is 3.10. The van der Waals surface area contributed by atoms with Crippen LogP contribution in [0.3, 0.4) is 0 Å². The SMILES string of the molecule is CC(C)CC(=O)N1CCC2(CC1)[C@@H]1CN(C(=O)N(C)C)C[C@@H]1C(=O)N2C. The van der Waals surface area contributed by atoms with E-state index < -0.39 is 0 Å². The van der Waals surface area contributed by atoms with Crippen molar-refractivity contribution in [3.63, 3.8) is 0 Å². The van der Waals surface area contributed by atoms with Crippen LogP contribution in [0.5, 0.6) is 0 Å². The summed E-state index contributed by atoms with van der Waals surface area (Å²) in [6.07, 6.45) is 2.20. The van der Waals surface area contributed by atoms with Crippen molar-refractivity contribution in [2.24, 2.45) is 17.8 Å². The van der Waals surface area contributed by atoms with Gasteiger partial charge in [0.25, 0.3) is 0 Å². The topological polar surface area (TPSA) is 64.2 Å². The van der Waals surface area contributed by atoms with Crippen molar-refractivity contribution in [2.75, 3.05) is 47.3 Å². The fourth-order valence-corrected chi connectivity index (χ4v) is 5.08. The Kier molecular flexibility index (Phi) is 4.92. The molecule has 7 heteroatoms. The van der Waals surface area contributed by atoms with Crippen molar-refractivity contribution in [3.8, 4) is 0 Å². The van der Waals surface area contributed by atoms with E-state index in [2.05, 4.69) is 13.8 Å². The molecule has 0 saturated carbocycles. The highest BCUT2D eigenvalue weighted by atomic mass is 16.2. The molecule has 0 radical (unpaired) electrons. The van der Waals surface area contributed by atoms with Crippen molar-refractivity contribution >= 4 is 17.8 Å². The van der Waals surface area contributed by atoms with Gasteiger partial charge in [-0.3, -0.25) is 9.59 Å². The number of carbonyl (C=O) groups excluding carboxylic acids is 3. The Labute approximate surface area is 156 Å². The van der Waals surface area contributed by atoms with Gasteiger partial charge < -0.3 is 19.6 Å². The summed E-state index contributed by atoms with van der Waals surface area (Å²) in [5.41, 5.74) is -0.211. The molecule has 4 amide bonds. The van der Waals surface area contributed by atoms with Crippen molar-refractivity contribution in [1.29, 1.82) is 0 Å². The summed E-state index contributed by atoms with van der Waals surface area (Å²) in [7, 11) is 5.41. The molecule has 146 valence electrons. The normalized spacial score (nSPS) is 27.5. The van der Waals surface area contributed by atoms with Crippen molar-refractivity contribution < 1.29 is 14.4 Å². The van der Waals surface area contributed by atoms with E-state index in [1.54, 1.807) is 19.0 Å². The molecule has 26 heavy (non-hydrogen) atoms. The van der Waals surface area contributed by atoms with Crippen LogP contribution in [-0.2, 0) is 9.59 Å². The summed E-state index contributed by atoms with van der Waals surface area (Å²) in [6, 6.07) is -0.0189. The van der Waals surface area contributed by atoms with Crippen LogP contribution in [0, 0.1) is 17.8 Å². The Morgan fingerprint density at radius 2 is 1.77 bits per heavy atom. The third-order valence-corrected chi connectivity index (χ3v) is 6.54. The first-order valence-corrected chi connectivity index (χ1v) is 9.69. The fraction of sp³-hybridized carbons (Fsp3) is 0.842. The number of fused-ring (bicyclic) bond motifs is 2. The van der Waals surface area contributed by atoms with Gasteiger partial charge in [-0.15, -0.1) is 0 Å². The summed E-state index contributed by atoms with van der Waals surface area (Å²) in [5, 5.41) is 0. The second kappa shape index (κ2) is 6.74. The molecule has 3 fully saturated rings. The molecule has 0 aromatic rings. The lowest BCUT2D eigenvalue weighted by molar-refractivity contribution is -0.137. The molecule has 0 aliphatic carbocycles. The zero-order valence-corrected chi connectivity index (χ0v) is 16.7. The minimum Gasteiger partial charge on any atom is -0.343 e. The van der Waals surface area contributed by atoms with E-state index in [1.807, 2.05) is 21.7 Å². The number of nitrogens with zero attached hydrogens (tertiary/aromatic N) is 4. The summed E-state index contributed by atoms with van der Waals surface area (Å²) < 4.78 is 0. The highest BCUT2D eigenvalue weighted by Crippen LogP contribution is 2.49. The van der Waals surface area contributed by atoms with Gasteiger partial charge in [0.15, 0.2) is 0 Å². The molecule has 2 atom stereocenters. The zero-order valence-electron chi connectivity index (χ0n) is 16.7. The van der Waals surface area contributed by atoms with Gasteiger partial charge in [-0.05, 0) is 18.8 Å². The van der Waals surface area contributed by atoms with Gasteiger partial charge in [-0.2, -0.15) is 0 Å². The van der Waals surface area contributed by atoms with Gasteiger partial charge in [0, 0.05) is 59.7 Å². The Balaban J connectivity index is 1.73. The van der Waals surface area contributed by atoms with Gasteiger partial charge in [-0.25, -0.2) is 4.79 Å². The molecule has 3 heterocycles. The van der Waals surface area contributed by atoms with Gasteiger partial charge in [0.05, 0.1) is 11.5 Å². The first-order valence-electron chi connectivity index (χ1n) is 9.69. The van der Waals surface area contributed by atoms with E-state index in [-0.39, 0.29) is 35.2 Å². The van der Waals surface area contributed by atoms with Crippen LogP contribution < -0.4 is 0 Å². The molecule has 3 rings (SSSR count). The van der Waals surface area contributed by atoms with Crippen LogP contribution in [0.25, 0.3) is 0 Å². The Bertz CT molecular complexity index is 596. The third-order valence-electron chi connectivity index (χ3n) is 6.54. The maximum absolute atomic E-state index is 12.9. The predicted molar refractivity (Wildman–Crippen MR) is 98.4 cm³/mol. The van der Waals surface area contributed by atoms with E-state index in [4.69, 9.17) is 0 Å². The second-order valence-electron chi connectivity index (χ2n) is 8.77. The van der Waals surface area contributed by atoms with Crippen molar-refractivity contribution in [3.05, 3.63) is 0 Å². The highest BCUT2D eigenvalue weighted by Gasteiger charge is 2.61. The quantitative estimate of drug-likeness (QED) is 0.737. The maximum atomic E-state index is 12.9. The van der Waals surface area contributed by atoms with Gasteiger partial charge >= 0.3 is 6.03 Å². The first-order chi connectivity index (χ1) is 12.2. The first kappa shape index (κ1) is 19.0. The highest BCUT2D eigenvalue weighted by molar-refractivity contribution is 5.85. The minimum atomic E-state index is -0.211. The van der Waals surface area contributed by atoms with Crippen LogP contribution in [0.15, 0.2) is 0 Å². The molecule has 3 aliphatic rings. The van der Waals surface area contributed by atoms with Crippen LogP contribution in [0.2, 0.25) is 0 Å². The van der Waals surface area contributed by atoms with Gasteiger partial charge in [0.1, 0.15) is 0 Å². The van der Waals surface area contributed by atoms with Crippen LogP contribution in [-0.4, -0.2) is 90.3 Å². The fourth-order valence-electron chi connectivity index (χ4n) is 5.08. The third kappa shape index (κ3) is 2.95. The Morgan fingerprint density at radius 1 is 1.15 bits per heavy atom. The Hall–Kier alpha value is -1.79. The molecular formula is C19H32N4O3. The molecule has 3 saturated heterocycles. The lowest BCUT2D eigenvalue weighted by Gasteiger charge is -2.46. The summed E-state index contributed by atoms with van der Waals surface area (Å²) in [4.78, 5) is 44.9. The molecule has 0 aromatic heterocycles. The number of likely N-dealkylation sites (tertiary alicyclic amines) is 3. The lowest BCUT2D eigenvalue weighted by atomic mass is 9.75. The van der Waals surface area contributed by atoms with Gasteiger partial charge in [-0.1, -0.05) is 13.8 Å². The Morgan fingerprint density at radius 3 is 2.31 bits per heavy atom.